The van der Waals surface area contributed by atoms with E-state index < -0.39 is 16.0 Å². The van der Waals surface area contributed by atoms with Gasteiger partial charge in [0.05, 0.1) is 34.4 Å². The normalized spacial score (nSPS) is 11.6. The Labute approximate surface area is 183 Å². The fraction of sp³-hybridized carbons (Fsp3) is 0.300. The molecule has 0 aliphatic rings. The van der Waals surface area contributed by atoms with Gasteiger partial charge in [0.1, 0.15) is 5.75 Å². The Morgan fingerprint density at radius 2 is 2.03 bits per heavy atom. The molecule has 0 saturated heterocycles. The van der Waals surface area contributed by atoms with Crippen molar-refractivity contribution in [1.29, 1.82) is 0 Å². The van der Waals surface area contributed by atoms with Gasteiger partial charge in [-0.05, 0) is 49.7 Å². The molecule has 160 valence electrons. The molecule has 1 N–H and O–H groups in total. The molecular formula is C20H22N2O5S3. The first-order chi connectivity index (χ1) is 14.3. The van der Waals surface area contributed by atoms with E-state index in [1.807, 2.05) is 25.1 Å². The second-order valence-electron chi connectivity index (χ2n) is 6.26. The Hall–Kier alpha value is -2.14. The van der Waals surface area contributed by atoms with Gasteiger partial charge in [0.25, 0.3) is 0 Å². The zero-order valence-electron chi connectivity index (χ0n) is 16.8. The van der Waals surface area contributed by atoms with E-state index >= 15 is 0 Å². The van der Waals surface area contributed by atoms with E-state index in [9.17, 15) is 13.2 Å². The number of nitrogens with one attached hydrogen (secondary N) is 1. The number of carbonyl (C=O) groups excluding carboxylic acids is 1. The largest absolute Gasteiger partial charge is 0.494 e. The molecule has 0 fully saturated rings. The standard InChI is InChI=1S/C20H22N2O5S3/c1-4-27-14-6-8-17-18(11-14)29-20(22-17)28-10-9-21-30(24,25)15-7-5-13(2)16(12-15)19(23)26-3/h5-8,11-12,21H,4,9-10H2,1-3H3. The zero-order chi connectivity index (χ0) is 21.7. The highest BCUT2D eigenvalue weighted by Crippen LogP contribution is 2.31. The van der Waals surface area contributed by atoms with Crippen LogP contribution >= 0.6 is 23.1 Å². The summed E-state index contributed by atoms with van der Waals surface area (Å²) < 4.78 is 39.8. The van der Waals surface area contributed by atoms with Gasteiger partial charge in [0.15, 0.2) is 4.34 Å². The fourth-order valence-corrected chi connectivity index (χ4v) is 5.91. The van der Waals surface area contributed by atoms with Gasteiger partial charge in [-0.15, -0.1) is 11.3 Å². The predicted molar refractivity (Wildman–Crippen MR) is 119 cm³/mol. The van der Waals surface area contributed by atoms with Crippen molar-refractivity contribution in [3.63, 3.8) is 0 Å². The number of thioether (sulfide) groups is 1. The summed E-state index contributed by atoms with van der Waals surface area (Å²) in [6.07, 6.45) is 0. The van der Waals surface area contributed by atoms with Crippen LogP contribution < -0.4 is 9.46 Å². The van der Waals surface area contributed by atoms with Crippen LogP contribution in [-0.2, 0) is 14.8 Å². The Bertz CT molecular complexity index is 1160. The third kappa shape index (κ3) is 5.31. The number of benzene rings is 2. The summed E-state index contributed by atoms with van der Waals surface area (Å²) in [5.74, 6) is 0.762. The maximum Gasteiger partial charge on any atom is 0.338 e. The summed E-state index contributed by atoms with van der Waals surface area (Å²) in [6.45, 7) is 4.50. The first kappa shape index (κ1) is 22.5. The quantitative estimate of drug-likeness (QED) is 0.291. The molecule has 10 heteroatoms. The lowest BCUT2D eigenvalue weighted by molar-refractivity contribution is 0.0599. The van der Waals surface area contributed by atoms with Crippen LogP contribution in [-0.4, -0.2) is 45.4 Å². The molecule has 1 heterocycles. The van der Waals surface area contributed by atoms with Gasteiger partial charge in [-0.1, -0.05) is 17.8 Å². The van der Waals surface area contributed by atoms with E-state index in [-0.39, 0.29) is 17.0 Å². The molecule has 0 bridgehead atoms. The number of carbonyl (C=O) groups is 1. The number of aryl methyl sites for hydroxylation is 1. The Balaban J connectivity index is 1.61. The number of thiazole rings is 1. The van der Waals surface area contributed by atoms with Crippen LogP contribution in [0.4, 0.5) is 0 Å². The first-order valence-corrected chi connectivity index (χ1v) is 12.5. The molecule has 0 aliphatic heterocycles. The van der Waals surface area contributed by atoms with Crippen LogP contribution in [0.3, 0.4) is 0 Å². The van der Waals surface area contributed by atoms with Gasteiger partial charge in [-0.2, -0.15) is 0 Å². The number of hydrogen-bond donors (Lipinski definition) is 1. The molecule has 30 heavy (non-hydrogen) atoms. The monoisotopic (exact) mass is 466 g/mol. The van der Waals surface area contributed by atoms with Crippen molar-refractivity contribution < 1.29 is 22.7 Å². The minimum Gasteiger partial charge on any atom is -0.494 e. The summed E-state index contributed by atoms with van der Waals surface area (Å²) >= 11 is 3.03. The molecule has 0 radical (unpaired) electrons. The highest BCUT2D eigenvalue weighted by Gasteiger charge is 2.18. The van der Waals surface area contributed by atoms with Crippen molar-refractivity contribution in [2.45, 2.75) is 23.1 Å². The van der Waals surface area contributed by atoms with Crippen LogP contribution in [0.5, 0.6) is 5.75 Å². The predicted octanol–water partition coefficient (Wildman–Crippen LogP) is 3.86. The van der Waals surface area contributed by atoms with E-state index in [1.165, 1.54) is 31.0 Å². The lowest BCUT2D eigenvalue weighted by Crippen LogP contribution is -2.26. The van der Waals surface area contributed by atoms with Crippen molar-refractivity contribution in [2.75, 3.05) is 26.0 Å². The summed E-state index contributed by atoms with van der Waals surface area (Å²) in [7, 11) is -2.47. The maximum absolute atomic E-state index is 12.6. The molecular weight excluding hydrogens is 444 g/mol. The van der Waals surface area contributed by atoms with E-state index in [2.05, 4.69) is 9.71 Å². The molecule has 2 aromatic carbocycles. The number of ether oxygens (including phenoxy) is 2. The van der Waals surface area contributed by atoms with E-state index in [4.69, 9.17) is 9.47 Å². The van der Waals surface area contributed by atoms with Crippen LogP contribution in [0.2, 0.25) is 0 Å². The van der Waals surface area contributed by atoms with Gasteiger partial charge in [0, 0.05) is 12.3 Å². The minimum atomic E-state index is -3.74. The number of fused-ring (bicyclic) bond motifs is 1. The molecule has 0 saturated carbocycles. The third-order valence-corrected chi connectivity index (χ3v) is 7.82. The fourth-order valence-electron chi connectivity index (χ4n) is 2.70. The Kier molecular flexibility index (Phi) is 7.35. The highest BCUT2D eigenvalue weighted by molar-refractivity contribution is 8.01. The number of sulfonamides is 1. The van der Waals surface area contributed by atoms with E-state index in [1.54, 1.807) is 24.3 Å². The molecule has 0 aliphatic carbocycles. The van der Waals surface area contributed by atoms with Gasteiger partial charge in [-0.25, -0.2) is 22.9 Å². The van der Waals surface area contributed by atoms with Crippen LogP contribution in [0.15, 0.2) is 45.6 Å². The minimum absolute atomic E-state index is 0.0296. The van der Waals surface area contributed by atoms with E-state index in [0.717, 1.165) is 20.3 Å². The first-order valence-electron chi connectivity index (χ1n) is 9.19. The molecule has 0 amide bonds. The average Bonchev–Trinajstić information content (AvgIpc) is 3.13. The highest BCUT2D eigenvalue weighted by atomic mass is 32.2. The summed E-state index contributed by atoms with van der Waals surface area (Å²) in [5.41, 5.74) is 1.77. The van der Waals surface area contributed by atoms with Crippen LogP contribution in [0.25, 0.3) is 10.2 Å². The number of aromatic nitrogens is 1. The maximum atomic E-state index is 12.6. The number of rotatable bonds is 9. The number of methoxy groups -OCH3 is 1. The van der Waals surface area contributed by atoms with Gasteiger partial charge >= 0.3 is 5.97 Å². The summed E-state index contributed by atoms with van der Waals surface area (Å²) in [6, 6.07) is 10.2. The van der Waals surface area contributed by atoms with Crippen molar-refractivity contribution in [2.24, 2.45) is 0 Å². The van der Waals surface area contributed by atoms with Gasteiger partial charge in [0.2, 0.25) is 10.0 Å². The topological polar surface area (TPSA) is 94.6 Å². The average molecular weight is 467 g/mol. The van der Waals surface area contributed by atoms with Gasteiger partial charge < -0.3 is 9.47 Å². The smallest absolute Gasteiger partial charge is 0.338 e. The molecule has 0 atom stereocenters. The van der Waals surface area contributed by atoms with Gasteiger partial charge in [-0.3, -0.25) is 0 Å². The second-order valence-corrected chi connectivity index (χ2v) is 10.4. The summed E-state index contributed by atoms with van der Waals surface area (Å²) in [4.78, 5) is 16.4. The lowest BCUT2D eigenvalue weighted by atomic mass is 10.1. The zero-order valence-corrected chi connectivity index (χ0v) is 19.2. The number of esters is 1. The number of hydrogen-bond acceptors (Lipinski definition) is 8. The Morgan fingerprint density at radius 3 is 2.77 bits per heavy atom. The SMILES string of the molecule is CCOc1ccc2nc(SCCNS(=O)(=O)c3ccc(C)c(C(=O)OC)c3)sc2c1. The van der Waals surface area contributed by atoms with Crippen LogP contribution in [0.1, 0.15) is 22.8 Å². The second kappa shape index (κ2) is 9.78. The summed E-state index contributed by atoms with van der Waals surface area (Å²) in [5, 5.41) is 0. The molecule has 3 rings (SSSR count). The molecule has 7 nitrogen and oxygen atoms in total. The lowest BCUT2D eigenvalue weighted by Gasteiger charge is -2.09. The van der Waals surface area contributed by atoms with E-state index in [0.29, 0.717) is 17.9 Å². The third-order valence-electron chi connectivity index (χ3n) is 4.20. The molecule has 1 aromatic heterocycles. The van der Waals surface area contributed by atoms with Crippen molar-refractivity contribution >= 4 is 49.3 Å². The van der Waals surface area contributed by atoms with Crippen molar-refractivity contribution in [3.8, 4) is 5.75 Å². The Morgan fingerprint density at radius 1 is 1.23 bits per heavy atom. The molecule has 0 spiro atoms. The molecule has 3 aromatic rings. The van der Waals surface area contributed by atoms with Crippen molar-refractivity contribution in [3.05, 3.63) is 47.5 Å². The van der Waals surface area contributed by atoms with Crippen molar-refractivity contribution in [1.82, 2.24) is 9.71 Å². The molecule has 0 unspecified atom stereocenters. The van der Waals surface area contributed by atoms with Crippen LogP contribution in [0, 0.1) is 6.92 Å². The number of nitrogens with zero attached hydrogens (tertiary/aromatic N) is 1.